The molecule has 0 amide bonds. The van der Waals surface area contributed by atoms with E-state index in [9.17, 15) is 17.6 Å². The van der Waals surface area contributed by atoms with Crippen LogP contribution >= 0.6 is 0 Å². The monoisotopic (exact) mass is 309 g/mol. The number of hydrogen-bond acceptors (Lipinski definition) is 3. The second kappa shape index (κ2) is 5.53. The van der Waals surface area contributed by atoms with Crippen molar-refractivity contribution in [2.45, 2.75) is 11.8 Å². The van der Waals surface area contributed by atoms with Crippen molar-refractivity contribution in [1.29, 1.82) is 0 Å². The average Bonchev–Trinajstić information content (AvgIpc) is 2.41. The molecule has 0 aliphatic carbocycles. The number of aryl methyl sites for hydroxylation is 1. The first-order valence-electron chi connectivity index (χ1n) is 5.92. The van der Waals surface area contributed by atoms with Crippen LogP contribution in [-0.2, 0) is 10.0 Å². The number of aromatic carboxylic acids is 1. The summed E-state index contributed by atoms with van der Waals surface area (Å²) in [7, 11) is -3.99. The molecule has 2 rings (SSSR count). The minimum Gasteiger partial charge on any atom is -0.478 e. The summed E-state index contributed by atoms with van der Waals surface area (Å²) >= 11 is 0. The molecule has 0 radical (unpaired) electrons. The molecule has 0 saturated carbocycles. The van der Waals surface area contributed by atoms with Crippen molar-refractivity contribution in [1.82, 2.24) is 0 Å². The second-order valence-corrected chi connectivity index (χ2v) is 6.06. The Morgan fingerprint density at radius 3 is 2.38 bits per heavy atom. The molecule has 7 heteroatoms. The predicted octanol–water partition coefficient (Wildman–Crippen LogP) is 2.63. The van der Waals surface area contributed by atoms with Crippen LogP contribution in [0.2, 0.25) is 0 Å². The molecule has 0 aliphatic heterocycles. The van der Waals surface area contributed by atoms with E-state index in [0.717, 1.165) is 12.1 Å². The van der Waals surface area contributed by atoms with E-state index in [1.165, 1.54) is 6.92 Å². The molecule has 2 N–H and O–H groups in total. The molecule has 21 heavy (non-hydrogen) atoms. The lowest BCUT2D eigenvalue weighted by Gasteiger charge is -2.10. The maximum absolute atomic E-state index is 13.7. The number of rotatable bonds is 4. The summed E-state index contributed by atoms with van der Waals surface area (Å²) in [5.74, 6) is -2.46. The average molecular weight is 309 g/mol. The van der Waals surface area contributed by atoms with Gasteiger partial charge >= 0.3 is 5.97 Å². The number of halogens is 1. The number of para-hydroxylation sites is 1. The van der Waals surface area contributed by atoms with Gasteiger partial charge in [-0.05, 0) is 36.8 Å². The molecule has 0 spiro atoms. The summed E-state index contributed by atoms with van der Waals surface area (Å²) in [5, 5.41) is 8.91. The Labute approximate surface area is 121 Å². The van der Waals surface area contributed by atoms with Gasteiger partial charge in [-0.15, -0.1) is 0 Å². The van der Waals surface area contributed by atoms with Crippen molar-refractivity contribution in [2.24, 2.45) is 0 Å². The van der Waals surface area contributed by atoms with Crippen LogP contribution in [0, 0.1) is 12.7 Å². The molecule has 2 aromatic carbocycles. The minimum atomic E-state index is -3.99. The number of carboxylic acids is 1. The topological polar surface area (TPSA) is 83.5 Å². The van der Waals surface area contributed by atoms with Crippen LogP contribution in [0.25, 0.3) is 0 Å². The van der Waals surface area contributed by atoms with Gasteiger partial charge in [0, 0.05) is 5.69 Å². The zero-order valence-electron chi connectivity index (χ0n) is 11.0. The summed E-state index contributed by atoms with van der Waals surface area (Å²) < 4.78 is 40.4. The van der Waals surface area contributed by atoms with Crippen molar-refractivity contribution in [3.8, 4) is 0 Å². The molecular weight excluding hydrogens is 297 g/mol. The van der Waals surface area contributed by atoms with Crippen LogP contribution in [0.3, 0.4) is 0 Å². The minimum absolute atomic E-state index is 0.0525. The van der Waals surface area contributed by atoms with E-state index in [0.29, 0.717) is 5.69 Å². The fourth-order valence-corrected chi connectivity index (χ4v) is 2.94. The highest BCUT2D eigenvalue weighted by atomic mass is 32.2. The fourth-order valence-electron chi connectivity index (χ4n) is 1.77. The molecule has 0 bridgehead atoms. The number of carbonyl (C=O) groups is 1. The van der Waals surface area contributed by atoms with E-state index in [-0.39, 0.29) is 10.5 Å². The van der Waals surface area contributed by atoms with Crippen LogP contribution in [-0.4, -0.2) is 19.5 Å². The van der Waals surface area contributed by atoms with Crippen LogP contribution < -0.4 is 4.72 Å². The van der Waals surface area contributed by atoms with E-state index >= 15 is 0 Å². The molecule has 0 unspecified atom stereocenters. The summed E-state index contributed by atoms with van der Waals surface area (Å²) in [6, 6.07) is 10.0. The molecule has 0 aromatic heterocycles. The van der Waals surface area contributed by atoms with Gasteiger partial charge in [0.2, 0.25) is 0 Å². The Morgan fingerprint density at radius 2 is 1.81 bits per heavy atom. The van der Waals surface area contributed by atoms with Crippen LogP contribution in [0.4, 0.5) is 10.1 Å². The number of hydrogen-bond donors (Lipinski definition) is 2. The maximum atomic E-state index is 13.7. The first kappa shape index (κ1) is 15.0. The lowest BCUT2D eigenvalue weighted by atomic mass is 10.1. The molecule has 2 aromatic rings. The quantitative estimate of drug-likeness (QED) is 0.909. The molecule has 0 fully saturated rings. The highest BCUT2D eigenvalue weighted by molar-refractivity contribution is 7.92. The van der Waals surface area contributed by atoms with Crippen molar-refractivity contribution in [3.05, 3.63) is 59.4 Å². The molecule has 5 nitrogen and oxygen atoms in total. The Kier molecular flexibility index (Phi) is 3.95. The summed E-state index contributed by atoms with van der Waals surface area (Å²) in [6.45, 7) is 1.31. The third-order valence-electron chi connectivity index (χ3n) is 2.79. The van der Waals surface area contributed by atoms with E-state index < -0.39 is 27.4 Å². The number of anilines is 1. The van der Waals surface area contributed by atoms with Gasteiger partial charge in [0.1, 0.15) is 5.82 Å². The largest absolute Gasteiger partial charge is 0.478 e. The molecular formula is C14H12FNO4S. The second-order valence-electron chi connectivity index (χ2n) is 4.38. The lowest BCUT2D eigenvalue weighted by molar-refractivity contribution is 0.0691. The van der Waals surface area contributed by atoms with Gasteiger partial charge in [-0.1, -0.05) is 18.2 Å². The number of carboxylic acid groups (broad SMARTS) is 1. The summed E-state index contributed by atoms with van der Waals surface area (Å²) in [4.78, 5) is 10.7. The smallest absolute Gasteiger partial charge is 0.338 e. The Hall–Kier alpha value is -2.41. The lowest BCUT2D eigenvalue weighted by Crippen LogP contribution is -2.15. The molecule has 0 saturated heterocycles. The van der Waals surface area contributed by atoms with E-state index in [4.69, 9.17) is 5.11 Å². The van der Waals surface area contributed by atoms with Gasteiger partial charge in [-0.2, -0.15) is 0 Å². The van der Waals surface area contributed by atoms with Crippen LogP contribution in [0.1, 0.15) is 15.9 Å². The van der Waals surface area contributed by atoms with Gasteiger partial charge < -0.3 is 5.11 Å². The Balaban J connectivity index is 2.48. The summed E-state index contributed by atoms with van der Waals surface area (Å²) in [6.07, 6.45) is 0. The van der Waals surface area contributed by atoms with Gasteiger partial charge in [0.05, 0.1) is 10.5 Å². The highest BCUT2D eigenvalue weighted by Gasteiger charge is 2.21. The van der Waals surface area contributed by atoms with Crippen molar-refractivity contribution in [3.63, 3.8) is 0 Å². The standard InChI is InChI=1S/C14H12FNO4S/c1-9-7-11(8-12(13(9)15)14(17)18)21(19,20)16-10-5-3-2-4-6-10/h2-8,16H,1H3,(H,17,18). The first-order valence-corrected chi connectivity index (χ1v) is 7.41. The van der Waals surface area contributed by atoms with E-state index in [1.54, 1.807) is 30.3 Å². The van der Waals surface area contributed by atoms with Gasteiger partial charge in [0.15, 0.2) is 0 Å². The zero-order chi connectivity index (χ0) is 15.6. The first-order chi connectivity index (χ1) is 9.81. The Bertz CT molecular complexity index is 788. The van der Waals surface area contributed by atoms with Gasteiger partial charge in [-0.3, -0.25) is 4.72 Å². The molecule has 0 atom stereocenters. The zero-order valence-corrected chi connectivity index (χ0v) is 11.8. The number of nitrogens with one attached hydrogen (secondary N) is 1. The van der Waals surface area contributed by atoms with Crippen molar-refractivity contribution < 1.29 is 22.7 Å². The van der Waals surface area contributed by atoms with Crippen molar-refractivity contribution >= 4 is 21.7 Å². The molecule has 110 valence electrons. The molecule has 0 aliphatic rings. The third-order valence-corrected chi connectivity index (χ3v) is 4.16. The summed E-state index contributed by atoms with van der Waals surface area (Å²) in [5.41, 5.74) is -0.400. The Morgan fingerprint density at radius 1 is 1.19 bits per heavy atom. The molecule has 0 heterocycles. The normalized spacial score (nSPS) is 11.1. The fraction of sp³-hybridized carbons (Fsp3) is 0.0714. The van der Waals surface area contributed by atoms with Gasteiger partial charge in [0.25, 0.3) is 10.0 Å². The van der Waals surface area contributed by atoms with Crippen LogP contribution in [0.15, 0.2) is 47.4 Å². The maximum Gasteiger partial charge on any atom is 0.338 e. The third kappa shape index (κ3) is 3.19. The van der Waals surface area contributed by atoms with Crippen molar-refractivity contribution in [2.75, 3.05) is 4.72 Å². The van der Waals surface area contributed by atoms with E-state index in [2.05, 4.69) is 4.72 Å². The number of sulfonamides is 1. The highest BCUT2D eigenvalue weighted by Crippen LogP contribution is 2.21. The van der Waals surface area contributed by atoms with E-state index in [1.807, 2.05) is 0 Å². The van der Waals surface area contributed by atoms with Crippen LogP contribution in [0.5, 0.6) is 0 Å². The number of benzene rings is 2. The predicted molar refractivity (Wildman–Crippen MR) is 75.3 cm³/mol. The van der Waals surface area contributed by atoms with Gasteiger partial charge in [-0.25, -0.2) is 17.6 Å². The SMILES string of the molecule is Cc1cc(S(=O)(=O)Nc2ccccc2)cc(C(=O)O)c1F.